The number of halogens is 1. The first-order valence-corrected chi connectivity index (χ1v) is 7.91. The van der Waals surface area contributed by atoms with Gasteiger partial charge in [0.25, 0.3) is 0 Å². The van der Waals surface area contributed by atoms with Crippen LogP contribution >= 0.6 is 11.6 Å². The van der Waals surface area contributed by atoms with Crippen LogP contribution in [0.2, 0.25) is 5.02 Å². The van der Waals surface area contributed by atoms with Gasteiger partial charge in [0.15, 0.2) is 11.5 Å². The van der Waals surface area contributed by atoms with Crippen LogP contribution in [-0.4, -0.2) is 19.8 Å². The molecule has 0 fully saturated rings. The van der Waals surface area contributed by atoms with E-state index in [9.17, 15) is 0 Å². The van der Waals surface area contributed by atoms with Crippen molar-refractivity contribution in [2.75, 3.05) is 19.8 Å². The smallest absolute Gasteiger partial charge is 0.179 e. The van der Waals surface area contributed by atoms with Crippen molar-refractivity contribution >= 4 is 11.6 Å². The molecule has 2 rings (SSSR count). The Morgan fingerprint density at radius 2 is 1.95 bits per heavy atom. The number of hydrogen-bond acceptors (Lipinski definition) is 3. The molecular weight excluding hydrogens is 274 g/mol. The van der Waals surface area contributed by atoms with Crippen molar-refractivity contribution in [1.82, 2.24) is 5.32 Å². The van der Waals surface area contributed by atoms with E-state index < -0.39 is 0 Å². The predicted octanol–water partition coefficient (Wildman–Crippen LogP) is 4.03. The highest BCUT2D eigenvalue weighted by atomic mass is 35.5. The molecule has 0 saturated carbocycles. The second-order valence-corrected chi connectivity index (χ2v) is 5.68. The summed E-state index contributed by atoms with van der Waals surface area (Å²) in [5.41, 5.74) is 1.14. The van der Waals surface area contributed by atoms with Gasteiger partial charge in [-0.3, -0.25) is 0 Å². The Morgan fingerprint density at radius 3 is 2.70 bits per heavy atom. The van der Waals surface area contributed by atoms with Gasteiger partial charge in [0.1, 0.15) is 0 Å². The van der Waals surface area contributed by atoms with Crippen molar-refractivity contribution in [3.8, 4) is 11.5 Å². The SMILES string of the molecule is CCC(CC)CNCc1cc(Cl)c2c(c1)OCCCO2. The standard InChI is InChI=1S/C16H24ClNO2/c1-3-12(4-2)10-18-11-13-8-14(17)16-15(9-13)19-6-5-7-20-16/h8-9,12,18H,3-7,10-11H2,1-2H3. The minimum Gasteiger partial charge on any atom is -0.489 e. The van der Waals surface area contributed by atoms with E-state index in [1.807, 2.05) is 12.1 Å². The van der Waals surface area contributed by atoms with Gasteiger partial charge >= 0.3 is 0 Å². The molecule has 0 amide bonds. The van der Waals surface area contributed by atoms with Gasteiger partial charge in [0.2, 0.25) is 0 Å². The van der Waals surface area contributed by atoms with E-state index in [1.54, 1.807) is 0 Å². The van der Waals surface area contributed by atoms with Crippen LogP contribution in [0.25, 0.3) is 0 Å². The fraction of sp³-hybridized carbons (Fsp3) is 0.625. The first kappa shape index (κ1) is 15.5. The van der Waals surface area contributed by atoms with Crippen LogP contribution in [0.3, 0.4) is 0 Å². The van der Waals surface area contributed by atoms with Gasteiger partial charge in [-0.05, 0) is 30.2 Å². The van der Waals surface area contributed by atoms with E-state index in [1.165, 1.54) is 12.8 Å². The lowest BCUT2D eigenvalue weighted by Gasteiger charge is -2.15. The Morgan fingerprint density at radius 1 is 1.20 bits per heavy atom. The molecule has 0 bridgehead atoms. The van der Waals surface area contributed by atoms with Crippen LogP contribution < -0.4 is 14.8 Å². The number of hydrogen-bond donors (Lipinski definition) is 1. The number of benzene rings is 1. The summed E-state index contributed by atoms with van der Waals surface area (Å²) in [6, 6.07) is 4.00. The molecule has 1 aromatic rings. The molecule has 1 aliphatic heterocycles. The Kier molecular flexibility index (Phi) is 5.99. The third-order valence-electron chi connectivity index (χ3n) is 3.78. The van der Waals surface area contributed by atoms with Crippen LogP contribution in [0, 0.1) is 5.92 Å². The summed E-state index contributed by atoms with van der Waals surface area (Å²) in [6.45, 7) is 7.68. The van der Waals surface area contributed by atoms with Gasteiger partial charge in [-0.2, -0.15) is 0 Å². The zero-order valence-corrected chi connectivity index (χ0v) is 13.1. The lowest BCUT2D eigenvalue weighted by atomic mass is 10.0. The van der Waals surface area contributed by atoms with Crippen LogP contribution in [0.15, 0.2) is 12.1 Å². The summed E-state index contributed by atoms with van der Waals surface area (Å²) < 4.78 is 11.3. The maximum atomic E-state index is 6.28. The fourth-order valence-corrected chi connectivity index (χ4v) is 2.67. The first-order valence-electron chi connectivity index (χ1n) is 7.53. The number of ether oxygens (including phenoxy) is 2. The van der Waals surface area contributed by atoms with E-state index in [0.29, 0.717) is 24.0 Å². The average molecular weight is 298 g/mol. The van der Waals surface area contributed by atoms with Crippen LogP contribution in [-0.2, 0) is 6.54 Å². The highest BCUT2D eigenvalue weighted by molar-refractivity contribution is 6.32. The molecule has 1 aromatic carbocycles. The lowest BCUT2D eigenvalue weighted by Crippen LogP contribution is -2.21. The third-order valence-corrected chi connectivity index (χ3v) is 4.06. The Labute approximate surface area is 126 Å². The highest BCUT2D eigenvalue weighted by Gasteiger charge is 2.15. The summed E-state index contributed by atoms with van der Waals surface area (Å²) in [5.74, 6) is 2.20. The molecule has 0 spiro atoms. The fourth-order valence-electron chi connectivity index (χ4n) is 2.38. The normalized spacial score (nSPS) is 14.4. The summed E-state index contributed by atoms with van der Waals surface area (Å²) in [6.07, 6.45) is 3.32. The molecule has 3 nitrogen and oxygen atoms in total. The monoisotopic (exact) mass is 297 g/mol. The predicted molar refractivity (Wildman–Crippen MR) is 82.8 cm³/mol. The second kappa shape index (κ2) is 7.75. The molecule has 0 aliphatic carbocycles. The van der Waals surface area contributed by atoms with Crippen molar-refractivity contribution in [3.05, 3.63) is 22.7 Å². The van der Waals surface area contributed by atoms with Gasteiger partial charge in [-0.15, -0.1) is 0 Å². The van der Waals surface area contributed by atoms with Crippen molar-refractivity contribution in [3.63, 3.8) is 0 Å². The van der Waals surface area contributed by atoms with Gasteiger partial charge in [0, 0.05) is 13.0 Å². The lowest BCUT2D eigenvalue weighted by molar-refractivity contribution is 0.297. The van der Waals surface area contributed by atoms with Crippen molar-refractivity contribution in [1.29, 1.82) is 0 Å². The maximum absolute atomic E-state index is 6.28. The van der Waals surface area contributed by atoms with Gasteiger partial charge in [-0.25, -0.2) is 0 Å². The molecule has 112 valence electrons. The summed E-state index contributed by atoms with van der Waals surface area (Å²) in [5, 5.41) is 4.14. The molecule has 1 N–H and O–H groups in total. The van der Waals surface area contributed by atoms with E-state index in [0.717, 1.165) is 36.7 Å². The van der Waals surface area contributed by atoms with E-state index in [2.05, 4.69) is 19.2 Å². The van der Waals surface area contributed by atoms with Crippen molar-refractivity contribution < 1.29 is 9.47 Å². The van der Waals surface area contributed by atoms with Crippen LogP contribution in [0.5, 0.6) is 11.5 Å². The third kappa shape index (κ3) is 4.03. The van der Waals surface area contributed by atoms with Crippen LogP contribution in [0.1, 0.15) is 38.7 Å². The van der Waals surface area contributed by atoms with Crippen molar-refractivity contribution in [2.24, 2.45) is 5.92 Å². The summed E-state index contributed by atoms with van der Waals surface area (Å²) >= 11 is 6.28. The zero-order valence-electron chi connectivity index (χ0n) is 12.4. The van der Waals surface area contributed by atoms with E-state index >= 15 is 0 Å². The van der Waals surface area contributed by atoms with Gasteiger partial charge in [-0.1, -0.05) is 38.3 Å². The minimum absolute atomic E-state index is 0.642. The Hall–Kier alpha value is -0.930. The molecule has 20 heavy (non-hydrogen) atoms. The molecule has 0 unspecified atom stereocenters. The first-order chi connectivity index (χ1) is 9.74. The molecule has 0 atom stereocenters. The van der Waals surface area contributed by atoms with E-state index in [4.69, 9.17) is 21.1 Å². The quantitative estimate of drug-likeness (QED) is 0.860. The van der Waals surface area contributed by atoms with Crippen molar-refractivity contribution in [2.45, 2.75) is 39.7 Å². The number of rotatable bonds is 6. The molecular formula is C16H24ClNO2. The summed E-state index contributed by atoms with van der Waals surface area (Å²) in [7, 11) is 0. The molecule has 0 saturated heterocycles. The van der Waals surface area contributed by atoms with Crippen LogP contribution in [0.4, 0.5) is 0 Å². The second-order valence-electron chi connectivity index (χ2n) is 5.27. The highest BCUT2D eigenvalue weighted by Crippen LogP contribution is 2.37. The number of nitrogens with one attached hydrogen (secondary N) is 1. The zero-order chi connectivity index (χ0) is 14.4. The maximum Gasteiger partial charge on any atom is 0.179 e. The van der Waals surface area contributed by atoms with E-state index in [-0.39, 0.29) is 0 Å². The minimum atomic E-state index is 0.642. The molecule has 1 heterocycles. The molecule has 0 aromatic heterocycles. The van der Waals surface area contributed by atoms with Gasteiger partial charge in [0.05, 0.1) is 18.2 Å². The Balaban J connectivity index is 1.99. The molecule has 4 heteroatoms. The topological polar surface area (TPSA) is 30.5 Å². The largest absolute Gasteiger partial charge is 0.489 e. The molecule has 0 radical (unpaired) electrons. The Bertz CT molecular complexity index is 433. The van der Waals surface area contributed by atoms with Gasteiger partial charge < -0.3 is 14.8 Å². The summed E-state index contributed by atoms with van der Waals surface area (Å²) in [4.78, 5) is 0. The number of fused-ring (bicyclic) bond motifs is 1. The molecule has 1 aliphatic rings. The average Bonchev–Trinajstić information content (AvgIpc) is 2.69.